The largest absolute Gasteiger partial charge is 0.480 e. The molecule has 1 N–H and O–H groups in total. The van der Waals surface area contributed by atoms with Gasteiger partial charge in [0.25, 0.3) is 0 Å². The van der Waals surface area contributed by atoms with Gasteiger partial charge in [0.1, 0.15) is 15.9 Å². The summed E-state index contributed by atoms with van der Waals surface area (Å²) in [6, 6.07) is -0.698. The number of carbonyl (C=O) groups is 2. The number of rotatable bonds is 5. The van der Waals surface area contributed by atoms with Gasteiger partial charge in [-0.3, -0.25) is 4.79 Å². The topological polar surface area (TPSA) is 91.8 Å². The molecule has 3 rings (SSSR count). The molecule has 0 aromatic heterocycles. The molecule has 0 radical (unpaired) electrons. The van der Waals surface area contributed by atoms with Crippen LogP contribution in [0, 0.1) is 11.3 Å². The lowest BCUT2D eigenvalue weighted by molar-refractivity contribution is -0.150. The van der Waals surface area contributed by atoms with Gasteiger partial charge in [0.05, 0.1) is 5.75 Å². The van der Waals surface area contributed by atoms with E-state index in [1.165, 1.54) is 6.26 Å². The fourth-order valence-corrected chi connectivity index (χ4v) is 6.06. The van der Waals surface area contributed by atoms with Crippen molar-refractivity contribution in [1.29, 1.82) is 0 Å². The van der Waals surface area contributed by atoms with Crippen molar-refractivity contribution in [2.24, 2.45) is 11.3 Å². The van der Waals surface area contributed by atoms with E-state index >= 15 is 0 Å². The van der Waals surface area contributed by atoms with Gasteiger partial charge in [-0.1, -0.05) is 12.8 Å². The van der Waals surface area contributed by atoms with Crippen LogP contribution in [0.2, 0.25) is 0 Å². The van der Waals surface area contributed by atoms with Crippen LogP contribution in [0.25, 0.3) is 0 Å². The Bertz CT molecular complexity index is 610. The van der Waals surface area contributed by atoms with Gasteiger partial charge in [-0.2, -0.15) is 0 Å². The summed E-state index contributed by atoms with van der Waals surface area (Å²) in [7, 11) is -3.13. The Kier molecular flexibility index (Phi) is 4.19. The molecule has 3 aliphatic rings. The summed E-state index contributed by atoms with van der Waals surface area (Å²) in [4.78, 5) is 26.0. The van der Waals surface area contributed by atoms with Crippen molar-refractivity contribution in [2.75, 3.05) is 12.0 Å². The molecule has 0 aromatic carbocycles. The average molecular weight is 343 g/mol. The number of amides is 1. The molecule has 1 amide bonds. The lowest BCUT2D eigenvalue weighted by Crippen LogP contribution is -2.47. The second-order valence-corrected chi connectivity index (χ2v) is 9.89. The van der Waals surface area contributed by atoms with Crippen molar-refractivity contribution in [1.82, 2.24) is 4.90 Å². The van der Waals surface area contributed by atoms with Crippen molar-refractivity contribution < 1.29 is 23.1 Å². The predicted octanol–water partition coefficient (Wildman–Crippen LogP) is 1.45. The highest BCUT2D eigenvalue weighted by Gasteiger charge is 2.52. The van der Waals surface area contributed by atoms with Crippen molar-refractivity contribution in [2.45, 2.75) is 63.5 Å². The first-order valence-electron chi connectivity index (χ1n) is 8.42. The molecule has 7 heteroatoms. The smallest absolute Gasteiger partial charge is 0.326 e. The van der Waals surface area contributed by atoms with Crippen LogP contribution in [0.5, 0.6) is 0 Å². The van der Waals surface area contributed by atoms with Crippen LogP contribution in [0.1, 0.15) is 51.4 Å². The zero-order valence-electron chi connectivity index (χ0n) is 13.5. The first-order valence-corrected chi connectivity index (χ1v) is 10.5. The number of carbonyl (C=O) groups excluding carboxylic acids is 1. The number of fused-ring (bicyclic) bond motifs is 1. The first-order chi connectivity index (χ1) is 10.7. The number of likely N-dealkylation sites (tertiary alicyclic amines) is 1. The Morgan fingerprint density at radius 2 is 1.87 bits per heavy atom. The Morgan fingerprint density at radius 3 is 2.43 bits per heavy atom. The van der Waals surface area contributed by atoms with Crippen LogP contribution < -0.4 is 0 Å². The quantitative estimate of drug-likeness (QED) is 0.815. The van der Waals surface area contributed by atoms with E-state index in [0.717, 1.165) is 38.5 Å². The van der Waals surface area contributed by atoms with Crippen molar-refractivity contribution >= 4 is 21.7 Å². The Balaban J connectivity index is 1.75. The summed E-state index contributed by atoms with van der Waals surface area (Å²) < 4.78 is 23.1. The molecule has 2 aliphatic carbocycles. The van der Waals surface area contributed by atoms with Crippen LogP contribution in [-0.2, 0) is 19.4 Å². The second-order valence-electron chi connectivity index (χ2n) is 7.75. The van der Waals surface area contributed by atoms with Crippen LogP contribution in [0.3, 0.4) is 0 Å². The van der Waals surface area contributed by atoms with Crippen molar-refractivity contribution in [3.63, 3.8) is 0 Å². The molecular weight excluding hydrogens is 318 g/mol. The summed E-state index contributed by atoms with van der Waals surface area (Å²) >= 11 is 0. The van der Waals surface area contributed by atoms with E-state index in [-0.39, 0.29) is 24.1 Å². The van der Waals surface area contributed by atoms with Crippen molar-refractivity contribution in [3.05, 3.63) is 0 Å². The lowest BCUT2D eigenvalue weighted by atomic mass is 9.84. The number of hydrogen-bond acceptors (Lipinski definition) is 4. The second kappa shape index (κ2) is 5.76. The average Bonchev–Trinajstić information content (AvgIpc) is 3.03. The van der Waals surface area contributed by atoms with Crippen LogP contribution in [0.4, 0.5) is 0 Å². The molecule has 130 valence electrons. The maximum Gasteiger partial charge on any atom is 0.326 e. The number of carboxylic acid groups (broad SMARTS) is 1. The van der Waals surface area contributed by atoms with Gasteiger partial charge >= 0.3 is 5.97 Å². The van der Waals surface area contributed by atoms with E-state index in [0.29, 0.717) is 12.3 Å². The van der Waals surface area contributed by atoms with Gasteiger partial charge in [0.2, 0.25) is 5.91 Å². The van der Waals surface area contributed by atoms with Gasteiger partial charge in [0.15, 0.2) is 0 Å². The third-order valence-electron chi connectivity index (χ3n) is 5.71. The van der Waals surface area contributed by atoms with E-state index in [4.69, 9.17) is 0 Å². The van der Waals surface area contributed by atoms with Gasteiger partial charge in [-0.05, 0) is 43.4 Å². The molecule has 3 fully saturated rings. The Hall–Kier alpha value is -1.11. The zero-order valence-corrected chi connectivity index (χ0v) is 14.3. The molecule has 1 heterocycles. The van der Waals surface area contributed by atoms with E-state index in [9.17, 15) is 23.1 Å². The minimum atomic E-state index is -3.13. The van der Waals surface area contributed by atoms with Crippen LogP contribution >= 0.6 is 0 Å². The molecule has 0 bridgehead atoms. The SMILES string of the molecule is CS(=O)(=O)CC1(CC(=O)N2[C@@H]3CCCC[C@H]3C[C@H]2C(=O)O)CC1. The van der Waals surface area contributed by atoms with E-state index in [2.05, 4.69) is 0 Å². The third kappa shape index (κ3) is 3.54. The highest BCUT2D eigenvalue weighted by Crippen LogP contribution is 2.51. The number of nitrogens with zero attached hydrogens (tertiary/aromatic N) is 1. The summed E-state index contributed by atoms with van der Waals surface area (Å²) in [5.41, 5.74) is -0.444. The summed E-state index contributed by atoms with van der Waals surface area (Å²) in [6.07, 6.45) is 7.41. The summed E-state index contributed by atoms with van der Waals surface area (Å²) in [5.74, 6) is -0.765. The molecule has 1 aliphatic heterocycles. The molecule has 2 saturated carbocycles. The van der Waals surface area contributed by atoms with E-state index in [1.54, 1.807) is 4.90 Å². The number of sulfone groups is 1. The number of carboxylic acids is 1. The van der Waals surface area contributed by atoms with Gasteiger partial charge < -0.3 is 10.0 Å². The maximum atomic E-state index is 12.8. The number of aliphatic carboxylic acids is 1. The Labute approximate surface area is 137 Å². The fourth-order valence-electron chi connectivity index (χ4n) is 4.56. The van der Waals surface area contributed by atoms with E-state index in [1.807, 2.05) is 0 Å². The molecule has 0 unspecified atom stereocenters. The summed E-state index contributed by atoms with van der Waals surface area (Å²) in [6.45, 7) is 0. The minimum absolute atomic E-state index is 0.0331. The molecule has 0 aromatic rings. The monoisotopic (exact) mass is 343 g/mol. The van der Waals surface area contributed by atoms with E-state index < -0.39 is 27.3 Å². The minimum Gasteiger partial charge on any atom is -0.480 e. The highest BCUT2D eigenvalue weighted by molar-refractivity contribution is 7.90. The lowest BCUT2D eigenvalue weighted by Gasteiger charge is -2.34. The van der Waals surface area contributed by atoms with Crippen molar-refractivity contribution in [3.8, 4) is 0 Å². The standard InChI is InChI=1S/C16H25NO5S/c1-23(21,22)10-16(6-7-16)9-14(18)17-12-5-3-2-4-11(12)8-13(17)15(19)20/h11-13H,2-10H2,1H3,(H,19,20)/t11-,12+,13-/m0/s1. The Morgan fingerprint density at radius 1 is 1.22 bits per heavy atom. The van der Waals surface area contributed by atoms with Gasteiger partial charge in [0, 0.05) is 18.7 Å². The third-order valence-corrected chi connectivity index (χ3v) is 6.85. The fraction of sp³-hybridized carbons (Fsp3) is 0.875. The first kappa shape index (κ1) is 16.7. The zero-order chi connectivity index (χ0) is 16.8. The summed E-state index contributed by atoms with van der Waals surface area (Å²) in [5, 5.41) is 9.49. The molecule has 23 heavy (non-hydrogen) atoms. The predicted molar refractivity (Wildman–Crippen MR) is 84.6 cm³/mol. The van der Waals surface area contributed by atoms with Gasteiger partial charge in [-0.15, -0.1) is 0 Å². The molecule has 3 atom stereocenters. The molecule has 6 nitrogen and oxygen atoms in total. The van der Waals surface area contributed by atoms with Gasteiger partial charge in [-0.25, -0.2) is 13.2 Å². The molecule has 1 saturated heterocycles. The molecular formula is C16H25NO5S. The maximum absolute atomic E-state index is 12.8. The number of hydrogen-bond donors (Lipinski definition) is 1. The van der Waals surface area contributed by atoms with Crippen LogP contribution in [-0.4, -0.2) is 54.4 Å². The normalized spacial score (nSPS) is 32.4. The highest BCUT2D eigenvalue weighted by atomic mass is 32.2. The molecule has 0 spiro atoms. The van der Waals surface area contributed by atoms with Crippen LogP contribution in [0.15, 0.2) is 0 Å².